The second-order valence-corrected chi connectivity index (χ2v) is 6.07. The molecule has 6 nitrogen and oxygen atoms in total. The van der Waals surface area contributed by atoms with Gasteiger partial charge in [-0.15, -0.1) is 0 Å². The molecule has 0 saturated heterocycles. The van der Waals surface area contributed by atoms with Gasteiger partial charge >= 0.3 is 5.97 Å². The summed E-state index contributed by atoms with van der Waals surface area (Å²) in [6.07, 6.45) is 1.34. The predicted molar refractivity (Wildman–Crippen MR) is 80.4 cm³/mol. The maximum atomic E-state index is 11.7. The molecule has 0 radical (unpaired) electrons. The molecule has 0 aromatic carbocycles. The number of nitrogens with one attached hydrogen (secondary N) is 1. The molecule has 0 aliphatic heterocycles. The molecule has 20 heavy (non-hydrogen) atoms. The molecular weight excluding hydrogens is 344 g/mol. The first-order valence-corrected chi connectivity index (χ1v) is 7.50. The number of carbonyl (C=O) groups is 1. The van der Waals surface area contributed by atoms with Crippen molar-refractivity contribution in [1.29, 1.82) is 0 Å². The molecule has 0 aliphatic rings. The van der Waals surface area contributed by atoms with Crippen LogP contribution in [0.3, 0.4) is 0 Å². The third kappa shape index (κ3) is 3.97. The average molecular weight is 357 g/mol. The summed E-state index contributed by atoms with van der Waals surface area (Å²) >= 11 is 4.52. The molecule has 2 aromatic heterocycles. The van der Waals surface area contributed by atoms with Crippen LogP contribution in [0.15, 0.2) is 16.9 Å². The SMILES string of the molecule is Cc1nc(Br)cc(Nc2ncc(C(=O)OC(C)C)s2)n1. The van der Waals surface area contributed by atoms with E-state index in [9.17, 15) is 4.79 Å². The molecule has 106 valence electrons. The molecule has 0 bridgehead atoms. The fourth-order valence-electron chi connectivity index (χ4n) is 1.40. The van der Waals surface area contributed by atoms with Crippen molar-refractivity contribution in [3.8, 4) is 0 Å². The van der Waals surface area contributed by atoms with E-state index in [-0.39, 0.29) is 12.1 Å². The predicted octanol–water partition coefficient (Wildman–Crippen LogP) is 3.31. The normalized spacial score (nSPS) is 10.7. The number of anilines is 2. The molecule has 0 unspecified atom stereocenters. The smallest absolute Gasteiger partial charge is 0.350 e. The third-order valence-corrected chi connectivity index (χ3v) is 3.39. The second-order valence-electron chi connectivity index (χ2n) is 4.23. The molecule has 2 rings (SSSR count). The van der Waals surface area contributed by atoms with Crippen LogP contribution in [0.2, 0.25) is 0 Å². The minimum absolute atomic E-state index is 0.151. The lowest BCUT2D eigenvalue weighted by atomic mass is 10.5. The van der Waals surface area contributed by atoms with E-state index in [4.69, 9.17) is 4.74 Å². The van der Waals surface area contributed by atoms with Gasteiger partial charge < -0.3 is 10.1 Å². The first-order chi connectivity index (χ1) is 9.44. The van der Waals surface area contributed by atoms with Crippen LogP contribution in [0, 0.1) is 6.92 Å². The number of ether oxygens (including phenoxy) is 1. The molecule has 2 heterocycles. The number of halogens is 1. The Kier molecular flexibility index (Phi) is 4.66. The van der Waals surface area contributed by atoms with Crippen LogP contribution in [-0.2, 0) is 4.74 Å². The Hall–Kier alpha value is -1.54. The van der Waals surface area contributed by atoms with Gasteiger partial charge in [-0.3, -0.25) is 0 Å². The number of hydrogen-bond acceptors (Lipinski definition) is 7. The van der Waals surface area contributed by atoms with Gasteiger partial charge in [0.05, 0.1) is 12.3 Å². The number of hydrogen-bond donors (Lipinski definition) is 1. The highest BCUT2D eigenvalue weighted by molar-refractivity contribution is 9.10. The van der Waals surface area contributed by atoms with E-state index >= 15 is 0 Å². The topological polar surface area (TPSA) is 77.0 Å². The van der Waals surface area contributed by atoms with Gasteiger partial charge in [-0.25, -0.2) is 19.7 Å². The van der Waals surface area contributed by atoms with Crippen molar-refractivity contribution in [3.05, 3.63) is 27.6 Å². The molecular formula is C12H13BrN4O2S. The molecule has 0 fully saturated rings. The van der Waals surface area contributed by atoms with Gasteiger partial charge in [0, 0.05) is 6.07 Å². The van der Waals surface area contributed by atoms with Gasteiger partial charge in [-0.1, -0.05) is 11.3 Å². The van der Waals surface area contributed by atoms with E-state index < -0.39 is 0 Å². The van der Waals surface area contributed by atoms with Crippen LogP contribution >= 0.6 is 27.3 Å². The molecule has 1 N–H and O–H groups in total. The lowest BCUT2D eigenvalue weighted by Gasteiger charge is -2.05. The number of nitrogens with zero attached hydrogens (tertiary/aromatic N) is 3. The average Bonchev–Trinajstić information content (AvgIpc) is 2.75. The van der Waals surface area contributed by atoms with Gasteiger partial charge in [0.15, 0.2) is 5.13 Å². The summed E-state index contributed by atoms with van der Waals surface area (Å²) in [6, 6.07) is 1.74. The first-order valence-electron chi connectivity index (χ1n) is 5.89. The Balaban J connectivity index is 2.11. The van der Waals surface area contributed by atoms with Crippen LogP contribution in [0.5, 0.6) is 0 Å². The molecule has 0 atom stereocenters. The molecule has 0 amide bonds. The monoisotopic (exact) mass is 356 g/mol. The fraction of sp³-hybridized carbons (Fsp3) is 0.333. The minimum Gasteiger partial charge on any atom is -0.459 e. The molecule has 0 aliphatic carbocycles. The van der Waals surface area contributed by atoms with Crippen molar-refractivity contribution in [2.24, 2.45) is 0 Å². The number of aromatic nitrogens is 3. The van der Waals surface area contributed by atoms with Crippen LogP contribution in [-0.4, -0.2) is 27.0 Å². The highest BCUT2D eigenvalue weighted by Gasteiger charge is 2.14. The molecule has 0 spiro atoms. The van der Waals surface area contributed by atoms with Gasteiger partial charge in [0.1, 0.15) is 21.1 Å². The van der Waals surface area contributed by atoms with E-state index in [0.29, 0.717) is 26.3 Å². The Morgan fingerprint density at radius 3 is 2.85 bits per heavy atom. The standard InChI is InChI=1S/C12H13BrN4O2S/c1-6(2)19-11(18)8-5-14-12(20-8)17-10-4-9(13)15-7(3)16-10/h4-6H,1-3H3,(H,14,15,16,17). The number of aryl methyl sites for hydroxylation is 1. The van der Waals surface area contributed by atoms with E-state index in [2.05, 4.69) is 36.2 Å². The van der Waals surface area contributed by atoms with Gasteiger partial charge in [0.25, 0.3) is 0 Å². The van der Waals surface area contributed by atoms with E-state index in [1.165, 1.54) is 17.5 Å². The van der Waals surface area contributed by atoms with E-state index in [1.54, 1.807) is 26.8 Å². The Morgan fingerprint density at radius 1 is 1.45 bits per heavy atom. The zero-order valence-corrected chi connectivity index (χ0v) is 13.6. The Labute approximate surface area is 128 Å². The minimum atomic E-state index is -0.370. The third-order valence-electron chi connectivity index (χ3n) is 2.09. The van der Waals surface area contributed by atoms with Crippen molar-refractivity contribution >= 4 is 44.2 Å². The maximum Gasteiger partial charge on any atom is 0.350 e. The number of rotatable bonds is 4. The summed E-state index contributed by atoms with van der Waals surface area (Å²) in [4.78, 5) is 24.6. The summed E-state index contributed by atoms with van der Waals surface area (Å²) in [5, 5.41) is 3.61. The molecule has 2 aromatic rings. The number of esters is 1. The summed E-state index contributed by atoms with van der Waals surface area (Å²) < 4.78 is 5.79. The number of thiazole rings is 1. The van der Waals surface area contributed by atoms with Crippen LogP contribution in [0.25, 0.3) is 0 Å². The van der Waals surface area contributed by atoms with Gasteiger partial charge in [-0.05, 0) is 36.7 Å². The van der Waals surface area contributed by atoms with Crippen molar-refractivity contribution in [1.82, 2.24) is 15.0 Å². The fourth-order valence-corrected chi connectivity index (χ4v) is 2.58. The van der Waals surface area contributed by atoms with Crippen molar-refractivity contribution in [3.63, 3.8) is 0 Å². The zero-order chi connectivity index (χ0) is 14.7. The molecule has 0 saturated carbocycles. The summed E-state index contributed by atoms with van der Waals surface area (Å²) in [5.74, 6) is 0.881. The largest absolute Gasteiger partial charge is 0.459 e. The van der Waals surface area contributed by atoms with Crippen LogP contribution in [0.4, 0.5) is 10.9 Å². The maximum absolute atomic E-state index is 11.7. The Morgan fingerprint density at radius 2 is 2.20 bits per heavy atom. The van der Waals surface area contributed by atoms with Crippen LogP contribution in [0.1, 0.15) is 29.3 Å². The van der Waals surface area contributed by atoms with E-state index in [0.717, 1.165) is 0 Å². The Bertz CT molecular complexity index is 609. The number of carbonyl (C=O) groups excluding carboxylic acids is 1. The lowest BCUT2D eigenvalue weighted by molar-refractivity contribution is 0.0383. The highest BCUT2D eigenvalue weighted by atomic mass is 79.9. The zero-order valence-electron chi connectivity index (χ0n) is 11.2. The summed E-state index contributed by atoms with van der Waals surface area (Å²) in [7, 11) is 0. The van der Waals surface area contributed by atoms with Gasteiger partial charge in [-0.2, -0.15) is 0 Å². The quantitative estimate of drug-likeness (QED) is 0.668. The summed E-state index contributed by atoms with van der Waals surface area (Å²) in [6.45, 7) is 5.40. The van der Waals surface area contributed by atoms with E-state index in [1.807, 2.05) is 0 Å². The summed E-state index contributed by atoms with van der Waals surface area (Å²) in [5.41, 5.74) is 0. The molecule has 8 heteroatoms. The lowest BCUT2D eigenvalue weighted by Crippen LogP contribution is -2.09. The van der Waals surface area contributed by atoms with Crippen molar-refractivity contribution in [2.75, 3.05) is 5.32 Å². The van der Waals surface area contributed by atoms with Crippen molar-refractivity contribution in [2.45, 2.75) is 26.9 Å². The highest BCUT2D eigenvalue weighted by Crippen LogP contribution is 2.23. The van der Waals surface area contributed by atoms with Gasteiger partial charge in [0.2, 0.25) is 0 Å². The second kappa shape index (κ2) is 6.27. The van der Waals surface area contributed by atoms with Crippen LogP contribution < -0.4 is 5.32 Å². The first kappa shape index (κ1) is 14.9. The van der Waals surface area contributed by atoms with Crippen molar-refractivity contribution < 1.29 is 9.53 Å².